The zero-order chi connectivity index (χ0) is 18.4. The number of rotatable bonds is 3. The molecule has 0 aliphatic carbocycles. The standard InChI is InChI=1S/C17H17F3N2O2S/c1-10-9-25-15(21-10)16(24,17(18,19)20)8-14(23)22-11(2)7-12-5-3-4-6-13(12)22/h3-6,9,11,24H,7-8H2,1-2H3/t11-,16+/m0/s1. The molecule has 1 aliphatic heterocycles. The fourth-order valence-corrected chi connectivity index (χ4v) is 4.01. The first-order valence-electron chi connectivity index (χ1n) is 7.75. The van der Waals surface area contributed by atoms with Crippen LogP contribution in [0.1, 0.15) is 29.6 Å². The molecule has 8 heteroatoms. The van der Waals surface area contributed by atoms with Crippen molar-refractivity contribution in [3.05, 3.63) is 45.9 Å². The Morgan fingerprint density at radius 3 is 2.68 bits per heavy atom. The zero-order valence-electron chi connectivity index (χ0n) is 13.7. The molecule has 2 heterocycles. The molecule has 1 aromatic heterocycles. The molecule has 2 aromatic rings. The van der Waals surface area contributed by atoms with Crippen LogP contribution in [0.15, 0.2) is 29.6 Å². The van der Waals surface area contributed by atoms with Crippen LogP contribution in [0.25, 0.3) is 0 Å². The van der Waals surface area contributed by atoms with E-state index < -0.39 is 29.1 Å². The Labute approximate surface area is 146 Å². The van der Waals surface area contributed by atoms with Crippen LogP contribution >= 0.6 is 11.3 Å². The summed E-state index contributed by atoms with van der Waals surface area (Å²) in [6, 6.07) is 6.85. The number of hydrogen-bond acceptors (Lipinski definition) is 4. The van der Waals surface area contributed by atoms with Crippen molar-refractivity contribution in [3.8, 4) is 0 Å². The average molecular weight is 370 g/mol. The minimum Gasteiger partial charge on any atom is -0.374 e. The van der Waals surface area contributed by atoms with E-state index in [2.05, 4.69) is 4.98 Å². The lowest BCUT2D eigenvalue weighted by molar-refractivity contribution is -0.267. The Bertz CT molecular complexity index is 805. The summed E-state index contributed by atoms with van der Waals surface area (Å²) in [6.45, 7) is 3.31. The highest BCUT2D eigenvalue weighted by atomic mass is 32.1. The van der Waals surface area contributed by atoms with E-state index in [4.69, 9.17) is 0 Å². The molecule has 4 nitrogen and oxygen atoms in total. The number of carbonyl (C=O) groups excluding carboxylic acids is 1. The summed E-state index contributed by atoms with van der Waals surface area (Å²) in [7, 11) is 0. The number of aliphatic hydroxyl groups is 1. The van der Waals surface area contributed by atoms with E-state index in [1.807, 2.05) is 12.1 Å². The second kappa shape index (κ2) is 6.10. The van der Waals surface area contributed by atoms with Crippen molar-refractivity contribution in [1.82, 2.24) is 4.98 Å². The van der Waals surface area contributed by atoms with Gasteiger partial charge in [-0.2, -0.15) is 13.2 Å². The first kappa shape index (κ1) is 17.9. The molecule has 1 aromatic carbocycles. The summed E-state index contributed by atoms with van der Waals surface area (Å²) in [5.74, 6) is -0.773. The summed E-state index contributed by atoms with van der Waals surface area (Å²) in [4.78, 5) is 17.8. The smallest absolute Gasteiger partial charge is 0.374 e. The van der Waals surface area contributed by atoms with Crippen LogP contribution in [0, 0.1) is 6.92 Å². The summed E-state index contributed by atoms with van der Waals surface area (Å²) >= 11 is 0.702. The van der Waals surface area contributed by atoms with Crippen molar-refractivity contribution < 1.29 is 23.1 Å². The summed E-state index contributed by atoms with van der Waals surface area (Å²) in [6.07, 6.45) is -5.53. The number of halogens is 3. The van der Waals surface area contributed by atoms with Gasteiger partial charge >= 0.3 is 6.18 Å². The van der Waals surface area contributed by atoms with E-state index in [1.165, 1.54) is 17.2 Å². The van der Waals surface area contributed by atoms with E-state index in [0.717, 1.165) is 5.56 Å². The van der Waals surface area contributed by atoms with Gasteiger partial charge < -0.3 is 10.0 Å². The Hall–Kier alpha value is -1.93. The van der Waals surface area contributed by atoms with Gasteiger partial charge in [-0.1, -0.05) is 18.2 Å². The van der Waals surface area contributed by atoms with Crippen LogP contribution in [0.2, 0.25) is 0 Å². The molecule has 0 unspecified atom stereocenters. The third-order valence-electron chi connectivity index (χ3n) is 4.32. The maximum atomic E-state index is 13.6. The molecule has 1 amide bonds. The Morgan fingerprint density at radius 1 is 1.40 bits per heavy atom. The predicted molar refractivity (Wildman–Crippen MR) is 88.5 cm³/mol. The highest BCUT2D eigenvalue weighted by Gasteiger charge is 2.58. The Morgan fingerprint density at radius 2 is 2.08 bits per heavy atom. The molecule has 2 atom stereocenters. The SMILES string of the molecule is Cc1csc([C@](O)(CC(=O)N2c3ccccc3C[C@@H]2C)C(F)(F)F)n1. The van der Waals surface area contributed by atoms with Crippen molar-refractivity contribution in [3.63, 3.8) is 0 Å². The minimum atomic E-state index is -5.00. The number of para-hydroxylation sites is 1. The summed E-state index contributed by atoms with van der Waals surface area (Å²) < 4.78 is 40.8. The largest absolute Gasteiger partial charge is 0.424 e. The molecule has 0 fully saturated rings. The fraction of sp³-hybridized carbons (Fsp3) is 0.412. The first-order valence-corrected chi connectivity index (χ1v) is 8.63. The quantitative estimate of drug-likeness (QED) is 0.899. The van der Waals surface area contributed by atoms with Crippen LogP contribution in [0.5, 0.6) is 0 Å². The molecular weight excluding hydrogens is 353 g/mol. The second-order valence-corrected chi connectivity index (χ2v) is 7.13. The van der Waals surface area contributed by atoms with Gasteiger partial charge in [0.2, 0.25) is 11.5 Å². The number of aromatic nitrogens is 1. The lowest BCUT2D eigenvalue weighted by atomic mass is 9.98. The molecule has 0 spiro atoms. The van der Waals surface area contributed by atoms with Crippen LogP contribution in [0.3, 0.4) is 0 Å². The van der Waals surface area contributed by atoms with Crippen LogP contribution in [0.4, 0.5) is 18.9 Å². The van der Waals surface area contributed by atoms with Crippen molar-refractivity contribution in [2.75, 3.05) is 4.90 Å². The molecule has 25 heavy (non-hydrogen) atoms. The lowest BCUT2D eigenvalue weighted by Crippen LogP contribution is -2.48. The molecule has 3 rings (SSSR count). The molecule has 1 aliphatic rings. The topological polar surface area (TPSA) is 53.4 Å². The van der Waals surface area contributed by atoms with E-state index >= 15 is 0 Å². The number of benzene rings is 1. The van der Waals surface area contributed by atoms with Crippen molar-refractivity contribution in [2.24, 2.45) is 0 Å². The molecule has 0 saturated heterocycles. The number of aryl methyl sites for hydroxylation is 1. The molecule has 0 saturated carbocycles. The predicted octanol–water partition coefficient (Wildman–Crippen LogP) is 3.57. The van der Waals surface area contributed by atoms with E-state index in [9.17, 15) is 23.1 Å². The number of fused-ring (bicyclic) bond motifs is 1. The normalized spacial score (nSPS) is 19.6. The van der Waals surface area contributed by atoms with Gasteiger partial charge in [0.15, 0.2) is 0 Å². The van der Waals surface area contributed by atoms with Crippen molar-refractivity contribution in [2.45, 2.75) is 44.5 Å². The molecule has 1 N–H and O–H groups in total. The lowest BCUT2D eigenvalue weighted by Gasteiger charge is -2.31. The molecule has 0 bridgehead atoms. The molecule has 134 valence electrons. The third kappa shape index (κ3) is 3.04. The number of anilines is 1. The Kier molecular flexibility index (Phi) is 4.36. The maximum Gasteiger partial charge on any atom is 0.424 e. The van der Waals surface area contributed by atoms with Gasteiger partial charge in [0.05, 0.1) is 6.42 Å². The maximum absolute atomic E-state index is 13.6. The van der Waals surface area contributed by atoms with Gasteiger partial charge in [0, 0.05) is 22.8 Å². The number of thiazole rings is 1. The van der Waals surface area contributed by atoms with E-state index in [0.29, 0.717) is 29.1 Å². The molecule has 0 radical (unpaired) electrons. The highest BCUT2D eigenvalue weighted by molar-refractivity contribution is 7.09. The summed E-state index contributed by atoms with van der Waals surface area (Å²) in [5.41, 5.74) is -1.42. The van der Waals surface area contributed by atoms with Gasteiger partial charge in [-0.05, 0) is 31.9 Å². The van der Waals surface area contributed by atoms with Gasteiger partial charge in [0.25, 0.3) is 0 Å². The Balaban J connectivity index is 1.94. The number of carbonyl (C=O) groups is 1. The number of amides is 1. The minimum absolute atomic E-state index is 0.264. The van der Waals surface area contributed by atoms with Crippen LogP contribution in [-0.4, -0.2) is 28.2 Å². The van der Waals surface area contributed by atoms with Crippen LogP contribution in [-0.2, 0) is 16.8 Å². The van der Waals surface area contributed by atoms with E-state index in [1.54, 1.807) is 19.1 Å². The fourth-order valence-electron chi connectivity index (χ4n) is 3.09. The molecular formula is C17H17F3N2O2S. The van der Waals surface area contributed by atoms with Gasteiger partial charge in [-0.3, -0.25) is 4.79 Å². The van der Waals surface area contributed by atoms with Gasteiger partial charge in [-0.25, -0.2) is 4.98 Å². The highest BCUT2D eigenvalue weighted by Crippen LogP contribution is 2.44. The van der Waals surface area contributed by atoms with Crippen LogP contribution < -0.4 is 4.90 Å². The second-order valence-electron chi connectivity index (χ2n) is 6.27. The third-order valence-corrected chi connectivity index (χ3v) is 5.44. The van der Waals surface area contributed by atoms with Crippen molar-refractivity contribution >= 4 is 22.9 Å². The summed E-state index contributed by atoms with van der Waals surface area (Å²) in [5, 5.41) is 11.3. The number of hydrogen-bond donors (Lipinski definition) is 1. The monoisotopic (exact) mass is 370 g/mol. The van der Waals surface area contributed by atoms with E-state index in [-0.39, 0.29) is 6.04 Å². The van der Waals surface area contributed by atoms with Crippen molar-refractivity contribution in [1.29, 1.82) is 0 Å². The van der Waals surface area contributed by atoms with Gasteiger partial charge in [0.1, 0.15) is 5.01 Å². The first-order chi connectivity index (χ1) is 11.6. The average Bonchev–Trinajstić information content (AvgIpc) is 3.08. The zero-order valence-corrected chi connectivity index (χ0v) is 14.5. The number of alkyl halides is 3. The van der Waals surface area contributed by atoms with Gasteiger partial charge in [-0.15, -0.1) is 11.3 Å². The number of nitrogens with zero attached hydrogens (tertiary/aromatic N) is 2.